The van der Waals surface area contributed by atoms with Crippen molar-refractivity contribution in [2.45, 2.75) is 19.5 Å². The topological polar surface area (TPSA) is 39.1 Å². The van der Waals surface area contributed by atoms with E-state index in [-0.39, 0.29) is 6.04 Å². The molecule has 2 aromatic rings. The van der Waals surface area contributed by atoms with Crippen molar-refractivity contribution in [2.75, 3.05) is 20.3 Å². The van der Waals surface area contributed by atoms with E-state index in [1.54, 1.807) is 13.3 Å². The summed E-state index contributed by atoms with van der Waals surface area (Å²) in [5.74, 6) is 0. The highest BCUT2D eigenvalue weighted by Crippen LogP contribution is 2.28. The van der Waals surface area contributed by atoms with E-state index < -0.39 is 0 Å². The SMILES string of the molecule is CCNC(c1ccc(I)cc1)c1c(Cl)cnn1CCOC. The fraction of sp³-hybridized carbons (Fsp3) is 0.400. The number of benzene rings is 1. The highest BCUT2D eigenvalue weighted by Gasteiger charge is 2.21. The van der Waals surface area contributed by atoms with Crippen LogP contribution in [0.3, 0.4) is 0 Å². The summed E-state index contributed by atoms with van der Waals surface area (Å²) >= 11 is 8.68. The molecule has 0 saturated heterocycles. The summed E-state index contributed by atoms with van der Waals surface area (Å²) in [7, 11) is 1.69. The molecule has 0 spiro atoms. The fourth-order valence-corrected chi connectivity index (χ4v) is 2.86. The predicted octanol–water partition coefficient (Wildman–Crippen LogP) is 3.49. The van der Waals surface area contributed by atoms with Gasteiger partial charge < -0.3 is 10.1 Å². The molecular formula is C15H19ClIN3O. The summed E-state index contributed by atoms with van der Waals surface area (Å²) in [5.41, 5.74) is 2.16. The van der Waals surface area contributed by atoms with Crippen molar-refractivity contribution in [2.24, 2.45) is 0 Å². The standard InChI is InChI=1S/C15H19ClIN3O/c1-3-18-14(11-4-6-12(17)7-5-11)15-13(16)10-19-20(15)8-9-21-2/h4-7,10,14,18H,3,8-9H2,1-2H3. The Balaban J connectivity index is 2.37. The maximum absolute atomic E-state index is 6.37. The minimum absolute atomic E-state index is 0.0267. The van der Waals surface area contributed by atoms with Crippen molar-refractivity contribution in [1.29, 1.82) is 0 Å². The molecule has 0 amide bonds. The number of nitrogens with zero attached hydrogens (tertiary/aromatic N) is 2. The monoisotopic (exact) mass is 419 g/mol. The Morgan fingerprint density at radius 2 is 2.10 bits per heavy atom. The van der Waals surface area contributed by atoms with Gasteiger partial charge in [-0.15, -0.1) is 0 Å². The molecule has 0 aliphatic carbocycles. The minimum atomic E-state index is 0.0267. The lowest BCUT2D eigenvalue weighted by molar-refractivity contribution is 0.182. The Kier molecular flexibility index (Phi) is 6.47. The number of methoxy groups -OCH3 is 1. The molecule has 1 N–H and O–H groups in total. The molecule has 4 nitrogen and oxygen atoms in total. The Hall–Kier alpha value is -0.630. The maximum atomic E-state index is 6.37. The van der Waals surface area contributed by atoms with Gasteiger partial charge in [0, 0.05) is 10.7 Å². The van der Waals surface area contributed by atoms with Gasteiger partial charge in [-0.2, -0.15) is 5.10 Å². The quantitative estimate of drug-likeness (QED) is 0.698. The van der Waals surface area contributed by atoms with Crippen molar-refractivity contribution in [1.82, 2.24) is 15.1 Å². The van der Waals surface area contributed by atoms with Gasteiger partial charge >= 0.3 is 0 Å². The lowest BCUT2D eigenvalue weighted by atomic mass is 10.0. The second-order valence-electron chi connectivity index (χ2n) is 4.64. The summed E-state index contributed by atoms with van der Waals surface area (Å²) in [5, 5.41) is 8.53. The minimum Gasteiger partial charge on any atom is -0.383 e. The fourth-order valence-electron chi connectivity index (χ4n) is 2.25. The molecule has 0 aliphatic heterocycles. The number of aromatic nitrogens is 2. The van der Waals surface area contributed by atoms with Gasteiger partial charge in [-0.3, -0.25) is 4.68 Å². The van der Waals surface area contributed by atoms with Crippen LogP contribution in [0.15, 0.2) is 30.5 Å². The van der Waals surface area contributed by atoms with Gasteiger partial charge in [-0.25, -0.2) is 0 Å². The van der Waals surface area contributed by atoms with Crippen LogP contribution in [0.25, 0.3) is 0 Å². The van der Waals surface area contributed by atoms with E-state index >= 15 is 0 Å². The predicted molar refractivity (Wildman–Crippen MR) is 93.8 cm³/mol. The van der Waals surface area contributed by atoms with Gasteiger partial charge in [0.05, 0.1) is 36.1 Å². The number of hydrogen-bond donors (Lipinski definition) is 1. The molecule has 6 heteroatoms. The van der Waals surface area contributed by atoms with Gasteiger partial charge in [0.15, 0.2) is 0 Å². The first kappa shape index (κ1) is 16.7. The Morgan fingerprint density at radius 1 is 1.38 bits per heavy atom. The highest BCUT2D eigenvalue weighted by molar-refractivity contribution is 14.1. The van der Waals surface area contributed by atoms with Crippen LogP contribution in [0.2, 0.25) is 5.02 Å². The van der Waals surface area contributed by atoms with Crippen LogP contribution in [0.5, 0.6) is 0 Å². The van der Waals surface area contributed by atoms with Gasteiger partial charge in [0.1, 0.15) is 0 Å². The van der Waals surface area contributed by atoms with E-state index in [0.717, 1.165) is 12.2 Å². The van der Waals surface area contributed by atoms with Crippen molar-refractivity contribution in [3.63, 3.8) is 0 Å². The summed E-state index contributed by atoms with van der Waals surface area (Å²) < 4.78 is 8.27. The number of ether oxygens (including phenoxy) is 1. The summed E-state index contributed by atoms with van der Waals surface area (Å²) in [6, 6.07) is 8.48. The van der Waals surface area contributed by atoms with Crippen LogP contribution in [-0.2, 0) is 11.3 Å². The largest absolute Gasteiger partial charge is 0.383 e. The third-order valence-corrected chi connectivity index (χ3v) is 4.24. The van der Waals surface area contributed by atoms with Crippen molar-refractivity contribution >= 4 is 34.2 Å². The van der Waals surface area contributed by atoms with Crippen LogP contribution in [0.4, 0.5) is 0 Å². The molecule has 21 heavy (non-hydrogen) atoms. The number of halogens is 2. The van der Waals surface area contributed by atoms with Crippen molar-refractivity contribution in [3.8, 4) is 0 Å². The van der Waals surface area contributed by atoms with Crippen LogP contribution < -0.4 is 5.32 Å². The van der Waals surface area contributed by atoms with Gasteiger partial charge in [-0.1, -0.05) is 30.7 Å². The average molecular weight is 420 g/mol. The molecule has 2 rings (SSSR count). The van der Waals surface area contributed by atoms with Gasteiger partial charge in [0.2, 0.25) is 0 Å². The zero-order valence-corrected chi connectivity index (χ0v) is 15.1. The van der Waals surface area contributed by atoms with Crippen LogP contribution in [0.1, 0.15) is 24.2 Å². The van der Waals surface area contributed by atoms with E-state index in [9.17, 15) is 0 Å². The van der Waals surface area contributed by atoms with Crippen LogP contribution in [0, 0.1) is 3.57 Å². The first-order valence-electron chi connectivity index (χ1n) is 6.86. The first-order chi connectivity index (χ1) is 10.2. The van der Waals surface area contributed by atoms with E-state index in [1.165, 1.54) is 9.13 Å². The molecule has 0 radical (unpaired) electrons. The zero-order chi connectivity index (χ0) is 15.2. The summed E-state index contributed by atoms with van der Waals surface area (Å²) in [6.07, 6.45) is 1.70. The summed E-state index contributed by atoms with van der Waals surface area (Å²) in [4.78, 5) is 0. The number of nitrogens with one attached hydrogen (secondary N) is 1. The smallest absolute Gasteiger partial charge is 0.0837 e. The molecule has 114 valence electrons. The molecule has 1 aromatic carbocycles. The normalized spacial score (nSPS) is 12.6. The number of rotatable bonds is 7. The van der Waals surface area contributed by atoms with E-state index in [1.807, 2.05) is 4.68 Å². The lowest BCUT2D eigenvalue weighted by Crippen LogP contribution is -2.26. The molecule has 0 aliphatic rings. The molecule has 1 aromatic heterocycles. The summed E-state index contributed by atoms with van der Waals surface area (Å²) in [6.45, 7) is 4.23. The van der Waals surface area contributed by atoms with E-state index in [2.05, 4.69) is 64.2 Å². The highest BCUT2D eigenvalue weighted by atomic mass is 127. The van der Waals surface area contributed by atoms with E-state index in [0.29, 0.717) is 18.2 Å². The molecule has 0 fully saturated rings. The Labute approximate surface area is 144 Å². The zero-order valence-electron chi connectivity index (χ0n) is 12.1. The number of hydrogen-bond acceptors (Lipinski definition) is 3. The Morgan fingerprint density at radius 3 is 2.71 bits per heavy atom. The molecule has 1 atom stereocenters. The molecular weight excluding hydrogens is 401 g/mol. The van der Waals surface area contributed by atoms with E-state index in [4.69, 9.17) is 16.3 Å². The Bertz CT molecular complexity index is 571. The maximum Gasteiger partial charge on any atom is 0.0837 e. The third-order valence-electron chi connectivity index (χ3n) is 3.23. The van der Waals surface area contributed by atoms with Crippen LogP contribution >= 0.6 is 34.2 Å². The van der Waals surface area contributed by atoms with Gasteiger partial charge in [0.25, 0.3) is 0 Å². The van der Waals surface area contributed by atoms with Crippen LogP contribution in [-0.4, -0.2) is 30.0 Å². The second-order valence-corrected chi connectivity index (χ2v) is 6.29. The third kappa shape index (κ3) is 4.18. The molecule has 1 heterocycles. The second kappa shape index (κ2) is 8.12. The average Bonchev–Trinajstić information content (AvgIpc) is 2.84. The molecule has 1 unspecified atom stereocenters. The molecule has 0 bridgehead atoms. The van der Waals surface area contributed by atoms with Gasteiger partial charge in [-0.05, 0) is 46.8 Å². The first-order valence-corrected chi connectivity index (χ1v) is 8.32. The van der Waals surface area contributed by atoms with Crippen molar-refractivity contribution in [3.05, 3.63) is 50.3 Å². The molecule has 0 saturated carbocycles. The van der Waals surface area contributed by atoms with Crippen molar-refractivity contribution < 1.29 is 4.74 Å². The lowest BCUT2D eigenvalue weighted by Gasteiger charge is -2.20.